The van der Waals surface area contributed by atoms with Crippen molar-refractivity contribution in [3.8, 4) is 0 Å². The number of rotatable bonds is 6. The number of hydrogen-bond acceptors (Lipinski definition) is 4. The SMILES string of the molecule is CCC(=O)Nc1cccc(NC(CC)C(=O)OC)c1C. The molecule has 0 saturated carbocycles. The summed E-state index contributed by atoms with van der Waals surface area (Å²) in [6, 6.07) is 5.16. The monoisotopic (exact) mass is 278 g/mol. The van der Waals surface area contributed by atoms with E-state index in [1.165, 1.54) is 7.11 Å². The highest BCUT2D eigenvalue weighted by Gasteiger charge is 2.18. The largest absolute Gasteiger partial charge is 0.467 e. The van der Waals surface area contributed by atoms with Gasteiger partial charge in [-0.3, -0.25) is 4.79 Å². The molecule has 5 nitrogen and oxygen atoms in total. The van der Waals surface area contributed by atoms with Crippen LogP contribution in [0.2, 0.25) is 0 Å². The van der Waals surface area contributed by atoms with E-state index in [9.17, 15) is 9.59 Å². The summed E-state index contributed by atoms with van der Waals surface area (Å²) < 4.78 is 4.76. The molecule has 1 rings (SSSR count). The van der Waals surface area contributed by atoms with E-state index in [1.807, 2.05) is 32.0 Å². The lowest BCUT2D eigenvalue weighted by molar-refractivity contribution is -0.141. The van der Waals surface area contributed by atoms with Crippen molar-refractivity contribution in [1.82, 2.24) is 0 Å². The number of nitrogens with one attached hydrogen (secondary N) is 2. The fraction of sp³-hybridized carbons (Fsp3) is 0.467. The zero-order chi connectivity index (χ0) is 15.1. The first kappa shape index (κ1) is 16.0. The molecular formula is C15H22N2O3. The summed E-state index contributed by atoms with van der Waals surface area (Å²) >= 11 is 0. The molecule has 1 atom stereocenters. The quantitative estimate of drug-likeness (QED) is 0.785. The maximum Gasteiger partial charge on any atom is 0.328 e. The summed E-state index contributed by atoms with van der Waals surface area (Å²) in [6.45, 7) is 5.61. The number of benzene rings is 1. The van der Waals surface area contributed by atoms with Gasteiger partial charge in [0.05, 0.1) is 7.11 Å². The van der Waals surface area contributed by atoms with Crippen LogP contribution in [-0.2, 0) is 14.3 Å². The van der Waals surface area contributed by atoms with Gasteiger partial charge in [0.2, 0.25) is 5.91 Å². The molecule has 0 radical (unpaired) electrons. The molecule has 0 aliphatic rings. The van der Waals surface area contributed by atoms with Gasteiger partial charge in [0, 0.05) is 17.8 Å². The number of carbonyl (C=O) groups excluding carboxylic acids is 2. The molecular weight excluding hydrogens is 256 g/mol. The molecule has 0 saturated heterocycles. The van der Waals surface area contributed by atoms with Gasteiger partial charge in [-0.05, 0) is 31.0 Å². The topological polar surface area (TPSA) is 67.4 Å². The van der Waals surface area contributed by atoms with E-state index in [0.717, 1.165) is 16.9 Å². The molecule has 1 aromatic carbocycles. The summed E-state index contributed by atoms with van der Waals surface area (Å²) in [5.41, 5.74) is 2.47. The Labute approximate surface area is 119 Å². The molecule has 0 spiro atoms. The highest BCUT2D eigenvalue weighted by Crippen LogP contribution is 2.24. The highest BCUT2D eigenvalue weighted by molar-refractivity contribution is 5.92. The molecule has 5 heteroatoms. The van der Waals surface area contributed by atoms with Gasteiger partial charge in [0.1, 0.15) is 6.04 Å². The molecule has 2 N–H and O–H groups in total. The Morgan fingerprint density at radius 3 is 2.45 bits per heavy atom. The standard InChI is InChI=1S/C15H22N2O3/c1-5-11(15(19)20-4)16-12-8-7-9-13(10(12)3)17-14(18)6-2/h7-9,11,16H,5-6H2,1-4H3,(H,17,18). The van der Waals surface area contributed by atoms with Crippen LogP contribution < -0.4 is 10.6 Å². The smallest absolute Gasteiger partial charge is 0.328 e. The Hall–Kier alpha value is -2.04. The molecule has 1 unspecified atom stereocenters. The van der Waals surface area contributed by atoms with Gasteiger partial charge < -0.3 is 15.4 Å². The predicted octanol–water partition coefficient (Wildman–Crippen LogP) is 2.71. The van der Waals surface area contributed by atoms with Gasteiger partial charge in [-0.15, -0.1) is 0 Å². The first-order chi connectivity index (χ1) is 9.53. The van der Waals surface area contributed by atoms with Crippen LogP contribution in [0.3, 0.4) is 0 Å². The molecule has 0 heterocycles. The van der Waals surface area contributed by atoms with Crippen LogP contribution in [0.5, 0.6) is 0 Å². The average Bonchev–Trinajstić information content (AvgIpc) is 2.47. The van der Waals surface area contributed by atoms with E-state index in [0.29, 0.717) is 12.8 Å². The molecule has 1 amide bonds. The number of hydrogen-bond donors (Lipinski definition) is 2. The van der Waals surface area contributed by atoms with Gasteiger partial charge in [0.25, 0.3) is 0 Å². The van der Waals surface area contributed by atoms with Crippen molar-refractivity contribution in [3.63, 3.8) is 0 Å². The van der Waals surface area contributed by atoms with Gasteiger partial charge in [-0.2, -0.15) is 0 Å². The lowest BCUT2D eigenvalue weighted by Gasteiger charge is -2.19. The lowest BCUT2D eigenvalue weighted by Crippen LogP contribution is -2.30. The minimum atomic E-state index is -0.393. The van der Waals surface area contributed by atoms with Gasteiger partial charge in [-0.25, -0.2) is 4.79 Å². The average molecular weight is 278 g/mol. The molecule has 0 aliphatic carbocycles. The number of amides is 1. The van der Waals surface area contributed by atoms with Crippen LogP contribution in [0.25, 0.3) is 0 Å². The number of anilines is 2. The first-order valence-corrected chi connectivity index (χ1v) is 6.77. The number of ether oxygens (including phenoxy) is 1. The van der Waals surface area contributed by atoms with Crippen LogP contribution >= 0.6 is 0 Å². The molecule has 0 aromatic heterocycles. The summed E-state index contributed by atoms with van der Waals surface area (Å²) in [5.74, 6) is -0.333. The number of carbonyl (C=O) groups is 2. The minimum Gasteiger partial charge on any atom is -0.467 e. The van der Waals surface area contributed by atoms with Crippen molar-refractivity contribution in [3.05, 3.63) is 23.8 Å². The molecule has 20 heavy (non-hydrogen) atoms. The predicted molar refractivity (Wildman–Crippen MR) is 79.8 cm³/mol. The Bertz CT molecular complexity index is 486. The van der Waals surface area contributed by atoms with Gasteiger partial charge >= 0.3 is 5.97 Å². The van der Waals surface area contributed by atoms with E-state index < -0.39 is 6.04 Å². The first-order valence-electron chi connectivity index (χ1n) is 6.77. The summed E-state index contributed by atoms with van der Waals surface area (Å²) in [6.07, 6.45) is 1.05. The summed E-state index contributed by atoms with van der Waals surface area (Å²) in [4.78, 5) is 23.1. The van der Waals surface area contributed by atoms with Crippen LogP contribution in [0.4, 0.5) is 11.4 Å². The highest BCUT2D eigenvalue weighted by atomic mass is 16.5. The van der Waals surface area contributed by atoms with E-state index in [2.05, 4.69) is 10.6 Å². The van der Waals surface area contributed by atoms with Crippen molar-refractivity contribution >= 4 is 23.3 Å². The molecule has 0 aliphatic heterocycles. The molecule has 0 fully saturated rings. The molecule has 110 valence electrons. The molecule has 1 aromatic rings. The Balaban J connectivity index is 2.93. The summed E-state index contributed by atoms with van der Waals surface area (Å²) in [7, 11) is 1.37. The zero-order valence-electron chi connectivity index (χ0n) is 12.4. The second-order valence-corrected chi connectivity index (χ2v) is 4.51. The number of esters is 1. The normalized spacial score (nSPS) is 11.6. The Morgan fingerprint density at radius 1 is 1.25 bits per heavy atom. The zero-order valence-corrected chi connectivity index (χ0v) is 12.4. The lowest BCUT2D eigenvalue weighted by atomic mass is 10.1. The van der Waals surface area contributed by atoms with Crippen molar-refractivity contribution in [1.29, 1.82) is 0 Å². The third-order valence-electron chi connectivity index (χ3n) is 3.15. The maximum absolute atomic E-state index is 11.6. The van der Waals surface area contributed by atoms with Gasteiger partial charge in [-0.1, -0.05) is 19.9 Å². The van der Waals surface area contributed by atoms with E-state index >= 15 is 0 Å². The van der Waals surface area contributed by atoms with Gasteiger partial charge in [0.15, 0.2) is 0 Å². The maximum atomic E-state index is 11.6. The van der Waals surface area contributed by atoms with E-state index in [-0.39, 0.29) is 11.9 Å². The molecule has 0 bridgehead atoms. The third-order valence-corrected chi connectivity index (χ3v) is 3.15. The van der Waals surface area contributed by atoms with Crippen LogP contribution in [0.1, 0.15) is 32.3 Å². The van der Waals surface area contributed by atoms with Crippen LogP contribution in [0.15, 0.2) is 18.2 Å². The van der Waals surface area contributed by atoms with E-state index in [1.54, 1.807) is 6.92 Å². The van der Waals surface area contributed by atoms with Crippen molar-refractivity contribution in [2.45, 2.75) is 39.7 Å². The van der Waals surface area contributed by atoms with Crippen molar-refractivity contribution < 1.29 is 14.3 Å². The van der Waals surface area contributed by atoms with Crippen LogP contribution in [0, 0.1) is 6.92 Å². The summed E-state index contributed by atoms with van der Waals surface area (Å²) in [5, 5.41) is 5.99. The Kier molecular flexibility index (Phi) is 6.03. The fourth-order valence-corrected chi connectivity index (χ4v) is 1.82. The van der Waals surface area contributed by atoms with Crippen molar-refractivity contribution in [2.24, 2.45) is 0 Å². The second-order valence-electron chi connectivity index (χ2n) is 4.51. The number of methoxy groups -OCH3 is 1. The minimum absolute atomic E-state index is 0.0368. The Morgan fingerprint density at radius 2 is 1.90 bits per heavy atom. The van der Waals surface area contributed by atoms with Crippen molar-refractivity contribution in [2.75, 3.05) is 17.7 Å². The van der Waals surface area contributed by atoms with Crippen LogP contribution in [-0.4, -0.2) is 25.0 Å². The fourth-order valence-electron chi connectivity index (χ4n) is 1.82. The third kappa shape index (κ3) is 3.98. The second kappa shape index (κ2) is 7.53. The van der Waals surface area contributed by atoms with E-state index in [4.69, 9.17) is 4.74 Å².